The van der Waals surface area contributed by atoms with E-state index in [2.05, 4.69) is 31.3 Å². The van der Waals surface area contributed by atoms with Crippen LogP contribution < -0.4 is 25.4 Å². The van der Waals surface area contributed by atoms with E-state index in [1.54, 1.807) is 4.90 Å². The number of primary amides is 1. The average Bonchev–Trinajstić information content (AvgIpc) is 2.92. The minimum Gasteiger partial charge on any atom is -0.494 e. The third kappa shape index (κ3) is 10.4. The van der Waals surface area contributed by atoms with E-state index in [4.69, 9.17) is 15.2 Å². The van der Waals surface area contributed by atoms with Crippen molar-refractivity contribution in [3.63, 3.8) is 0 Å². The average molecular weight is 585 g/mol. The Hall–Kier alpha value is -3.03. The zero-order chi connectivity index (χ0) is 26.3. The summed E-state index contributed by atoms with van der Waals surface area (Å²) in [4.78, 5) is 14.2. The summed E-state index contributed by atoms with van der Waals surface area (Å²) in [7, 11) is 0. The molecule has 6 nitrogen and oxygen atoms in total. The molecular formula is C31H42BrN3O3. The van der Waals surface area contributed by atoms with E-state index in [9.17, 15) is 4.79 Å². The van der Waals surface area contributed by atoms with Gasteiger partial charge in [0.05, 0.1) is 12.8 Å². The summed E-state index contributed by atoms with van der Waals surface area (Å²) in [5.41, 5.74) is 8.94. The van der Waals surface area contributed by atoms with E-state index in [0.29, 0.717) is 6.61 Å². The van der Waals surface area contributed by atoms with Crippen molar-refractivity contribution >= 4 is 28.7 Å². The van der Waals surface area contributed by atoms with Crippen LogP contribution in [-0.4, -0.2) is 25.3 Å². The lowest BCUT2D eigenvalue weighted by atomic mass is 10.1. The Labute approximate surface area is 238 Å². The molecule has 7 heteroatoms. The molecule has 1 unspecified atom stereocenters. The number of nitrogens with two attached hydrogens (primary N) is 1. The molecule has 0 bridgehead atoms. The van der Waals surface area contributed by atoms with E-state index in [1.807, 2.05) is 66.7 Å². The second-order valence-corrected chi connectivity index (χ2v) is 9.18. The van der Waals surface area contributed by atoms with Gasteiger partial charge in [-0.2, -0.15) is 0 Å². The Morgan fingerprint density at radius 3 is 2.11 bits per heavy atom. The number of carbonyl (C=O) groups excluding carboxylic acids is 1. The van der Waals surface area contributed by atoms with Gasteiger partial charge in [0.1, 0.15) is 18.1 Å². The molecule has 0 aliphatic carbocycles. The Morgan fingerprint density at radius 1 is 0.842 bits per heavy atom. The summed E-state index contributed by atoms with van der Waals surface area (Å²) in [6, 6.07) is 25.4. The van der Waals surface area contributed by atoms with Gasteiger partial charge in [-0.25, -0.2) is 4.79 Å². The number of anilines is 1. The number of nitrogens with zero attached hydrogens (tertiary/aromatic N) is 1. The zero-order valence-corrected chi connectivity index (χ0v) is 24.3. The summed E-state index contributed by atoms with van der Waals surface area (Å²) in [5.74, 6) is 1.65. The lowest BCUT2D eigenvalue weighted by Gasteiger charge is -2.31. The van der Waals surface area contributed by atoms with Crippen LogP contribution in [0.15, 0.2) is 78.9 Å². The third-order valence-corrected chi connectivity index (χ3v) is 6.23. The predicted molar refractivity (Wildman–Crippen MR) is 161 cm³/mol. The molecule has 0 aliphatic rings. The molecular weight excluding hydrogens is 542 g/mol. The van der Waals surface area contributed by atoms with E-state index in [1.165, 1.54) is 5.56 Å². The number of rotatable bonds is 16. The quantitative estimate of drug-likeness (QED) is 0.137. The summed E-state index contributed by atoms with van der Waals surface area (Å²) in [6.45, 7) is 6.27. The first-order chi connectivity index (χ1) is 18.1. The highest BCUT2D eigenvalue weighted by Crippen LogP contribution is 2.23. The van der Waals surface area contributed by atoms with Crippen LogP contribution in [0.2, 0.25) is 0 Å². The van der Waals surface area contributed by atoms with Crippen LogP contribution in [0.1, 0.15) is 57.1 Å². The number of urea groups is 1. The van der Waals surface area contributed by atoms with Crippen molar-refractivity contribution in [2.45, 2.75) is 65.1 Å². The molecule has 0 saturated carbocycles. The SMILES string of the molecule is Br.CCCCOc1ccc(CCNC(CCCC)N(C(N)=O)c2ccc(OCc3ccccc3)cc2)cc1. The van der Waals surface area contributed by atoms with Gasteiger partial charge in [0, 0.05) is 12.2 Å². The van der Waals surface area contributed by atoms with Crippen LogP contribution in [0, 0.1) is 0 Å². The summed E-state index contributed by atoms with van der Waals surface area (Å²) in [6.07, 6.45) is 5.68. The van der Waals surface area contributed by atoms with Crippen LogP contribution in [0.4, 0.5) is 10.5 Å². The van der Waals surface area contributed by atoms with Gasteiger partial charge in [-0.15, -0.1) is 17.0 Å². The first-order valence-electron chi connectivity index (χ1n) is 13.4. The molecule has 3 N–H and O–H groups in total. The Balaban J connectivity index is 0.00000507. The summed E-state index contributed by atoms with van der Waals surface area (Å²) in [5, 5.41) is 3.56. The van der Waals surface area contributed by atoms with Gasteiger partial charge in [0.2, 0.25) is 0 Å². The topological polar surface area (TPSA) is 76.8 Å². The Morgan fingerprint density at radius 2 is 1.47 bits per heavy atom. The molecule has 3 aromatic rings. The van der Waals surface area contributed by atoms with Gasteiger partial charge in [0.25, 0.3) is 0 Å². The number of hydrogen-bond donors (Lipinski definition) is 2. The van der Waals surface area contributed by atoms with Crippen molar-refractivity contribution in [2.75, 3.05) is 18.1 Å². The van der Waals surface area contributed by atoms with Crippen molar-refractivity contribution in [2.24, 2.45) is 5.73 Å². The molecule has 0 heterocycles. The highest BCUT2D eigenvalue weighted by molar-refractivity contribution is 8.93. The number of halogens is 1. The molecule has 1 atom stereocenters. The molecule has 0 spiro atoms. The summed E-state index contributed by atoms with van der Waals surface area (Å²) < 4.78 is 11.7. The Kier molecular flexibility index (Phi) is 14.3. The number of hydrogen-bond acceptors (Lipinski definition) is 4. The number of ether oxygens (including phenoxy) is 2. The number of benzene rings is 3. The molecule has 206 valence electrons. The smallest absolute Gasteiger partial charge is 0.320 e. The molecule has 3 aromatic carbocycles. The molecule has 0 radical (unpaired) electrons. The molecule has 3 rings (SSSR count). The van der Waals surface area contributed by atoms with Crippen LogP contribution >= 0.6 is 17.0 Å². The maximum absolute atomic E-state index is 12.5. The van der Waals surface area contributed by atoms with Gasteiger partial charge in [-0.05, 0) is 66.8 Å². The van der Waals surface area contributed by atoms with E-state index in [-0.39, 0.29) is 23.1 Å². The van der Waals surface area contributed by atoms with E-state index in [0.717, 1.165) is 74.4 Å². The fraction of sp³-hybridized carbons (Fsp3) is 0.387. The molecule has 0 fully saturated rings. The molecule has 38 heavy (non-hydrogen) atoms. The summed E-state index contributed by atoms with van der Waals surface area (Å²) >= 11 is 0. The van der Waals surface area contributed by atoms with Gasteiger partial charge >= 0.3 is 6.03 Å². The highest BCUT2D eigenvalue weighted by Gasteiger charge is 2.23. The van der Waals surface area contributed by atoms with E-state index < -0.39 is 6.03 Å². The second-order valence-electron chi connectivity index (χ2n) is 9.18. The fourth-order valence-electron chi connectivity index (χ4n) is 4.09. The minimum absolute atomic E-state index is 0. The minimum atomic E-state index is -0.472. The number of nitrogens with one attached hydrogen (secondary N) is 1. The lowest BCUT2D eigenvalue weighted by Crippen LogP contribution is -2.51. The Bertz CT molecular complexity index is 1050. The van der Waals surface area contributed by atoms with Crippen LogP contribution in [-0.2, 0) is 13.0 Å². The first kappa shape index (κ1) is 31.2. The van der Waals surface area contributed by atoms with Gasteiger partial charge in [-0.3, -0.25) is 10.2 Å². The fourth-order valence-corrected chi connectivity index (χ4v) is 4.09. The third-order valence-electron chi connectivity index (χ3n) is 6.23. The molecule has 2 amide bonds. The molecule has 0 aromatic heterocycles. The maximum atomic E-state index is 12.5. The normalized spacial score (nSPS) is 11.3. The second kappa shape index (κ2) is 17.5. The highest BCUT2D eigenvalue weighted by atomic mass is 79.9. The van der Waals surface area contributed by atoms with Crippen molar-refractivity contribution in [3.05, 3.63) is 90.0 Å². The number of carbonyl (C=O) groups is 1. The van der Waals surface area contributed by atoms with Crippen molar-refractivity contribution in [1.29, 1.82) is 0 Å². The van der Waals surface area contributed by atoms with E-state index >= 15 is 0 Å². The van der Waals surface area contributed by atoms with Gasteiger partial charge in [-0.1, -0.05) is 75.6 Å². The van der Waals surface area contributed by atoms with Crippen LogP contribution in [0.5, 0.6) is 11.5 Å². The number of amides is 2. The zero-order valence-electron chi connectivity index (χ0n) is 22.6. The van der Waals surface area contributed by atoms with Gasteiger partial charge in [0.15, 0.2) is 0 Å². The van der Waals surface area contributed by atoms with Crippen molar-refractivity contribution < 1.29 is 14.3 Å². The van der Waals surface area contributed by atoms with Crippen LogP contribution in [0.25, 0.3) is 0 Å². The maximum Gasteiger partial charge on any atom is 0.320 e. The van der Waals surface area contributed by atoms with Crippen molar-refractivity contribution in [3.8, 4) is 11.5 Å². The standard InChI is InChI=1S/C31H41N3O3.BrH/c1-3-5-12-30(33-22-21-25-13-17-28(18-14-25)36-23-6-4-2)34(31(32)35)27-15-19-29(20-16-27)37-24-26-10-8-7-9-11-26;/h7-11,13-20,30,33H,3-6,12,21-24H2,1-2H3,(H2,32,35);1H. The molecule has 0 saturated heterocycles. The predicted octanol–water partition coefficient (Wildman–Crippen LogP) is 7.26. The van der Waals surface area contributed by atoms with Crippen LogP contribution in [0.3, 0.4) is 0 Å². The molecule has 0 aliphatic heterocycles. The largest absolute Gasteiger partial charge is 0.494 e. The monoisotopic (exact) mass is 583 g/mol. The van der Waals surface area contributed by atoms with Gasteiger partial charge < -0.3 is 15.2 Å². The number of unbranched alkanes of at least 4 members (excludes halogenated alkanes) is 2. The lowest BCUT2D eigenvalue weighted by molar-refractivity contribution is 0.249. The van der Waals surface area contributed by atoms with Crippen molar-refractivity contribution in [1.82, 2.24) is 5.32 Å². The first-order valence-corrected chi connectivity index (χ1v) is 13.4.